The Labute approximate surface area is 122 Å². The first-order valence-corrected chi connectivity index (χ1v) is 6.97. The summed E-state index contributed by atoms with van der Waals surface area (Å²) in [6.45, 7) is 3.94. The highest BCUT2D eigenvalue weighted by atomic mass is 19.1. The number of rotatable bonds is 4. The Morgan fingerprint density at radius 2 is 2.10 bits per heavy atom. The van der Waals surface area contributed by atoms with Gasteiger partial charge in [-0.15, -0.1) is 0 Å². The minimum atomic E-state index is -0.886. The molecule has 4 nitrogen and oxygen atoms in total. The van der Waals surface area contributed by atoms with E-state index in [-0.39, 0.29) is 30.4 Å². The molecule has 0 saturated carbocycles. The van der Waals surface area contributed by atoms with Crippen LogP contribution in [-0.4, -0.2) is 42.3 Å². The Bertz CT molecular complexity index is 548. The van der Waals surface area contributed by atoms with Gasteiger partial charge in [0.25, 0.3) is 0 Å². The molecule has 1 aromatic carbocycles. The molecule has 2 rings (SSSR count). The van der Waals surface area contributed by atoms with Crippen LogP contribution in [-0.2, 0) is 4.79 Å². The molecule has 1 aliphatic heterocycles. The molecule has 1 aliphatic rings. The molecule has 0 spiro atoms. The van der Waals surface area contributed by atoms with Gasteiger partial charge in [-0.25, -0.2) is 8.78 Å². The van der Waals surface area contributed by atoms with Crippen molar-refractivity contribution in [1.82, 2.24) is 10.2 Å². The van der Waals surface area contributed by atoms with Gasteiger partial charge in [0.2, 0.25) is 5.91 Å². The van der Waals surface area contributed by atoms with E-state index in [1.54, 1.807) is 4.90 Å². The van der Waals surface area contributed by atoms with Crippen LogP contribution in [0, 0.1) is 11.6 Å². The van der Waals surface area contributed by atoms with Crippen LogP contribution in [0.15, 0.2) is 18.2 Å². The van der Waals surface area contributed by atoms with Crippen molar-refractivity contribution < 1.29 is 18.4 Å². The second-order valence-corrected chi connectivity index (χ2v) is 5.24. The molecule has 0 aromatic heterocycles. The molecule has 114 valence electrons. The van der Waals surface area contributed by atoms with Crippen LogP contribution in [0.5, 0.6) is 0 Å². The molecule has 0 bridgehead atoms. The highest BCUT2D eigenvalue weighted by Crippen LogP contribution is 2.13. The quantitative estimate of drug-likeness (QED) is 0.861. The van der Waals surface area contributed by atoms with Crippen molar-refractivity contribution in [3.8, 4) is 0 Å². The number of nitrogens with one attached hydrogen (secondary N) is 1. The Balaban J connectivity index is 1.90. The van der Waals surface area contributed by atoms with Crippen LogP contribution in [0.4, 0.5) is 8.78 Å². The van der Waals surface area contributed by atoms with Gasteiger partial charge in [-0.1, -0.05) is 0 Å². The second-order valence-electron chi connectivity index (χ2n) is 5.24. The molecular weight excluding hydrogens is 278 g/mol. The number of hydrogen-bond donors (Lipinski definition) is 1. The van der Waals surface area contributed by atoms with E-state index in [0.29, 0.717) is 19.2 Å². The average molecular weight is 296 g/mol. The molecule has 6 heteroatoms. The molecule has 1 saturated heterocycles. The van der Waals surface area contributed by atoms with Crippen molar-refractivity contribution in [3.05, 3.63) is 35.4 Å². The Morgan fingerprint density at radius 1 is 1.33 bits per heavy atom. The van der Waals surface area contributed by atoms with Crippen molar-refractivity contribution in [1.29, 1.82) is 0 Å². The predicted molar refractivity (Wildman–Crippen MR) is 74.0 cm³/mol. The standard InChI is InChI=1S/C15H18F2N2O2/c1-10-9-19(7-6-18-10)15(21)5-4-14(20)12-3-2-11(16)8-13(12)17/h2-3,8,10,18H,4-7,9H2,1H3. The molecule has 1 unspecified atom stereocenters. The van der Waals surface area contributed by atoms with E-state index < -0.39 is 17.4 Å². The van der Waals surface area contributed by atoms with E-state index in [0.717, 1.165) is 18.7 Å². The monoisotopic (exact) mass is 296 g/mol. The van der Waals surface area contributed by atoms with Crippen LogP contribution >= 0.6 is 0 Å². The summed E-state index contributed by atoms with van der Waals surface area (Å²) in [6, 6.07) is 3.06. The molecule has 21 heavy (non-hydrogen) atoms. The van der Waals surface area contributed by atoms with Crippen molar-refractivity contribution in [2.24, 2.45) is 0 Å². The first-order chi connectivity index (χ1) is 9.97. The summed E-state index contributed by atoms with van der Waals surface area (Å²) >= 11 is 0. The molecule has 1 N–H and O–H groups in total. The molecule has 1 aromatic rings. The van der Waals surface area contributed by atoms with Gasteiger partial charge in [-0.3, -0.25) is 9.59 Å². The molecule has 1 amide bonds. The summed E-state index contributed by atoms with van der Waals surface area (Å²) in [5.74, 6) is -2.21. The number of nitrogens with zero attached hydrogens (tertiary/aromatic N) is 1. The Kier molecular flexibility index (Phi) is 5.01. The van der Waals surface area contributed by atoms with Gasteiger partial charge >= 0.3 is 0 Å². The van der Waals surface area contributed by atoms with Crippen molar-refractivity contribution in [2.75, 3.05) is 19.6 Å². The van der Waals surface area contributed by atoms with E-state index in [2.05, 4.69) is 5.32 Å². The SMILES string of the molecule is CC1CN(C(=O)CCC(=O)c2ccc(F)cc2F)CCN1. The van der Waals surface area contributed by atoms with Gasteiger partial charge in [0.05, 0.1) is 5.56 Å². The maximum atomic E-state index is 13.5. The smallest absolute Gasteiger partial charge is 0.223 e. The van der Waals surface area contributed by atoms with Gasteiger partial charge in [0.15, 0.2) is 5.78 Å². The van der Waals surface area contributed by atoms with E-state index in [9.17, 15) is 18.4 Å². The summed E-state index contributed by atoms with van der Waals surface area (Å²) < 4.78 is 26.3. The molecule has 1 heterocycles. The van der Waals surface area contributed by atoms with Crippen LogP contribution in [0.25, 0.3) is 0 Å². The van der Waals surface area contributed by atoms with Crippen LogP contribution < -0.4 is 5.32 Å². The number of carbonyl (C=O) groups excluding carboxylic acids is 2. The van der Waals surface area contributed by atoms with Gasteiger partial charge in [-0.2, -0.15) is 0 Å². The first kappa shape index (κ1) is 15.6. The van der Waals surface area contributed by atoms with Crippen molar-refractivity contribution in [3.63, 3.8) is 0 Å². The maximum Gasteiger partial charge on any atom is 0.223 e. The first-order valence-electron chi connectivity index (χ1n) is 6.97. The van der Waals surface area contributed by atoms with Crippen LogP contribution in [0.2, 0.25) is 0 Å². The van der Waals surface area contributed by atoms with E-state index >= 15 is 0 Å². The second kappa shape index (κ2) is 6.76. The number of Topliss-reactive ketones (excluding diaryl/α,β-unsaturated/α-hetero) is 1. The van der Waals surface area contributed by atoms with Crippen molar-refractivity contribution in [2.45, 2.75) is 25.8 Å². The number of carbonyl (C=O) groups is 2. The Morgan fingerprint density at radius 3 is 2.76 bits per heavy atom. The summed E-state index contributed by atoms with van der Waals surface area (Å²) in [6.07, 6.45) is -0.0257. The fourth-order valence-corrected chi connectivity index (χ4v) is 2.39. The van der Waals surface area contributed by atoms with Gasteiger partial charge in [0.1, 0.15) is 11.6 Å². The number of piperazine rings is 1. The summed E-state index contributed by atoms with van der Waals surface area (Å²) in [4.78, 5) is 25.6. The van der Waals surface area contributed by atoms with E-state index in [4.69, 9.17) is 0 Å². The summed E-state index contributed by atoms with van der Waals surface area (Å²) in [7, 11) is 0. The Hall–Kier alpha value is -1.82. The number of hydrogen-bond acceptors (Lipinski definition) is 3. The molecule has 0 aliphatic carbocycles. The number of amides is 1. The van der Waals surface area contributed by atoms with Gasteiger partial charge in [0, 0.05) is 44.6 Å². The number of benzene rings is 1. The lowest BCUT2D eigenvalue weighted by Gasteiger charge is -2.31. The third-order valence-electron chi connectivity index (χ3n) is 3.52. The van der Waals surface area contributed by atoms with Gasteiger partial charge < -0.3 is 10.2 Å². The third kappa shape index (κ3) is 4.07. The lowest BCUT2D eigenvalue weighted by atomic mass is 10.1. The maximum absolute atomic E-state index is 13.5. The molecule has 1 atom stereocenters. The summed E-state index contributed by atoms with van der Waals surface area (Å²) in [5.41, 5.74) is -0.169. The van der Waals surface area contributed by atoms with Crippen molar-refractivity contribution >= 4 is 11.7 Å². The zero-order chi connectivity index (χ0) is 15.4. The average Bonchev–Trinajstić information content (AvgIpc) is 2.44. The zero-order valence-electron chi connectivity index (χ0n) is 11.9. The normalized spacial score (nSPS) is 18.6. The molecule has 0 radical (unpaired) electrons. The third-order valence-corrected chi connectivity index (χ3v) is 3.52. The largest absolute Gasteiger partial charge is 0.340 e. The lowest BCUT2D eigenvalue weighted by molar-refractivity contribution is -0.132. The van der Waals surface area contributed by atoms with Crippen LogP contribution in [0.3, 0.4) is 0 Å². The summed E-state index contributed by atoms with van der Waals surface area (Å²) in [5, 5.41) is 3.22. The highest BCUT2D eigenvalue weighted by molar-refractivity contribution is 5.98. The fourth-order valence-electron chi connectivity index (χ4n) is 2.39. The van der Waals surface area contributed by atoms with Crippen LogP contribution in [0.1, 0.15) is 30.1 Å². The molecule has 1 fully saturated rings. The zero-order valence-corrected chi connectivity index (χ0v) is 11.9. The number of halogens is 2. The van der Waals surface area contributed by atoms with E-state index in [1.807, 2.05) is 6.92 Å². The minimum absolute atomic E-state index is 0.0440. The fraction of sp³-hybridized carbons (Fsp3) is 0.467. The lowest BCUT2D eigenvalue weighted by Crippen LogP contribution is -2.51. The highest BCUT2D eigenvalue weighted by Gasteiger charge is 2.21. The predicted octanol–water partition coefficient (Wildman–Crippen LogP) is 1.75. The minimum Gasteiger partial charge on any atom is -0.340 e. The molecular formula is C15H18F2N2O2. The van der Waals surface area contributed by atoms with Gasteiger partial charge in [-0.05, 0) is 19.1 Å². The number of ketones is 1. The topological polar surface area (TPSA) is 49.4 Å². The van der Waals surface area contributed by atoms with E-state index in [1.165, 1.54) is 0 Å².